The van der Waals surface area contributed by atoms with Gasteiger partial charge < -0.3 is 10.1 Å². The molecule has 1 aliphatic carbocycles. The molecule has 0 saturated heterocycles. The van der Waals surface area contributed by atoms with Gasteiger partial charge in [0.25, 0.3) is 0 Å². The van der Waals surface area contributed by atoms with Crippen LogP contribution in [-0.4, -0.2) is 22.6 Å². The average Bonchev–Trinajstić information content (AvgIpc) is 2.48. The Balaban J connectivity index is 2.17. The van der Waals surface area contributed by atoms with E-state index in [9.17, 15) is 0 Å². The van der Waals surface area contributed by atoms with Crippen LogP contribution >= 0.6 is 0 Å². The molecule has 0 aromatic carbocycles. The molecule has 20 heavy (non-hydrogen) atoms. The van der Waals surface area contributed by atoms with Crippen molar-refractivity contribution in [2.24, 2.45) is 5.92 Å². The van der Waals surface area contributed by atoms with Gasteiger partial charge in [0.15, 0.2) is 0 Å². The van der Waals surface area contributed by atoms with Gasteiger partial charge in [-0.25, -0.2) is 9.97 Å². The fraction of sp³-hybridized carbons (Fsp3) is 0.750. The molecular formula is C16H27N3O. The van der Waals surface area contributed by atoms with Gasteiger partial charge in [0.05, 0.1) is 5.56 Å². The molecule has 4 heteroatoms. The number of nitrogens with zero attached hydrogens (tertiary/aromatic N) is 2. The molecule has 2 unspecified atom stereocenters. The standard InChI is InChI=1S/C16H27N3O/c1-4-12-9-7-8-10-14(12)20-16-13(5-2)15(17-6-3)18-11-19-16/h11-12,14H,4-10H2,1-3H3,(H,17,18,19). The normalized spacial score (nSPS) is 22.6. The number of aromatic nitrogens is 2. The second-order valence-corrected chi connectivity index (χ2v) is 5.50. The zero-order chi connectivity index (χ0) is 14.4. The lowest BCUT2D eigenvalue weighted by molar-refractivity contribution is 0.0847. The molecule has 0 aliphatic heterocycles. The smallest absolute Gasteiger partial charge is 0.222 e. The van der Waals surface area contributed by atoms with Gasteiger partial charge in [0.2, 0.25) is 5.88 Å². The Labute approximate surface area is 122 Å². The molecule has 1 fully saturated rings. The summed E-state index contributed by atoms with van der Waals surface area (Å²) in [6, 6.07) is 0. The zero-order valence-corrected chi connectivity index (χ0v) is 13.0. The Hall–Kier alpha value is -1.32. The number of hydrogen-bond donors (Lipinski definition) is 1. The monoisotopic (exact) mass is 277 g/mol. The van der Waals surface area contributed by atoms with Gasteiger partial charge in [0.1, 0.15) is 18.2 Å². The molecule has 1 aromatic rings. The molecule has 0 radical (unpaired) electrons. The van der Waals surface area contributed by atoms with Gasteiger partial charge in [-0.15, -0.1) is 0 Å². The van der Waals surface area contributed by atoms with Crippen LogP contribution in [0.25, 0.3) is 0 Å². The van der Waals surface area contributed by atoms with Crippen molar-refractivity contribution in [3.63, 3.8) is 0 Å². The lowest BCUT2D eigenvalue weighted by atomic mass is 9.85. The van der Waals surface area contributed by atoms with Crippen LogP contribution in [0.3, 0.4) is 0 Å². The van der Waals surface area contributed by atoms with Crippen LogP contribution in [0.2, 0.25) is 0 Å². The van der Waals surface area contributed by atoms with Gasteiger partial charge >= 0.3 is 0 Å². The Kier molecular flexibility index (Phi) is 5.62. The van der Waals surface area contributed by atoms with Crippen molar-refractivity contribution in [2.45, 2.75) is 65.4 Å². The summed E-state index contributed by atoms with van der Waals surface area (Å²) in [5, 5.41) is 3.30. The van der Waals surface area contributed by atoms with Crippen LogP contribution in [0.5, 0.6) is 5.88 Å². The highest BCUT2D eigenvalue weighted by atomic mass is 16.5. The molecule has 1 heterocycles. The average molecular weight is 277 g/mol. The minimum atomic E-state index is 0.323. The Morgan fingerprint density at radius 3 is 2.70 bits per heavy atom. The predicted molar refractivity (Wildman–Crippen MR) is 82.2 cm³/mol. The third kappa shape index (κ3) is 3.41. The summed E-state index contributed by atoms with van der Waals surface area (Å²) in [6.07, 6.45) is 9.06. The summed E-state index contributed by atoms with van der Waals surface area (Å²) >= 11 is 0. The summed E-state index contributed by atoms with van der Waals surface area (Å²) in [5.74, 6) is 2.37. The van der Waals surface area contributed by atoms with Crippen LogP contribution < -0.4 is 10.1 Å². The van der Waals surface area contributed by atoms with Gasteiger partial charge in [-0.05, 0) is 44.9 Å². The first-order valence-corrected chi connectivity index (χ1v) is 8.04. The van der Waals surface area contributed by atoms with Crippen molar-refractivity contribution >= 4 is 5.82 Å². The molecule has 1 aromatic heterocycles. The molecule has 0 spiro atoms. The summed E-state index contributed by atoms with van der Waals surface area (Å²) < 4.78 is 6.28. The molecule has 2 atom stereocenters. The summed E-state index contributed by atoms with van der Waals surface area (Å²) in [7, 11) is 0. The highest BCUT2D eigenvalue weighted by Crippen LogP contribution is 2.32. The summed E-state index contributed by atoms with van der Waals surface area (Å²) in [5.41, 5.74) is 1.11. The maximum atomic E-state index is 6.28. The highest BCUT2D eigenvalue weighted by molar-refractivity contribution is 5.48. The molecule has 1 aliphatic rings. The summed E-state index contributed by atoms with van der Waals surface area (Å²) in [4.78, 5) is 8.71. The SMILES string of the molecule is CCNc1ncnc(OC2CCCCC2CC)c1CC. The molecular weight excluding hydrogens is 250 g/mol. The number of rotatable bonds is 6. The van der Waals surface area contributed by atoms with E-state index in [0.29, 0.717) is 12.0 Å². The van der Waals surface area contributed by atoms with E-state index in [1.807, 2.05) is 0 Å². The van der Waals surface area contributed by atoms with E-state index in [0.717, 1.165) is 36.6 Å². The first-order chi connectivity index (χ1) is 9.80. The number of hydrogen-bond acceptors (Lipinski definition) is 4. The van der Waals surface area contributed by atoms with Crippen molar-refractivity contribution < 1.29 is 4.74 Å². The molecule has 0 amide bonds. The maximum Gasteiger partial charge on any atom is 0.222 e. The third-order valence-corrected chi connectivity index (χ3v) is 4.23. The topological polar surface area (TPSA) is 47.0 Å². The molecule has 4 nitrogen and oxygen atoms in total. The number of nitrogens with one attached hydrogen (secondary N) is 1. The van der Waals surface area contributed by atoms with Gasteiger partial charge in [-0.1, -0.05) is 20.3 Å². The lowest BCUT2D eigenvalue weighted by Gasteiger charge is -2.31. The first kappa shape index (κ1) is 15.1. The van der Waals surface area contributed by atoms with E-state index in [-0.39, 0.29) is 0 Å². The van der Waals surface area contributed by atoms with Crippen LogP contribution in [0.4, 0.5) is 5.82 Å². The van der Waals surface area contributed by atoms with E-state index in [2.05, 4.69) is 36.1 Å². The van der Waals surface area contributed by atoms with Crippen molar-refractivity contribution in [1.82, 2.24) is 9.97 Å². The van der Waals surface area contributed by atoms with Gasteiger partial charge in [-0.3, -0.25) is 0 Å². The van der Waals surface area contributed by atoms with Crippen molar-refractivity contribution in [1.29, 1.82) is 0 Å². The molecule has 2 rings (SSSR count). The van der Waals surface area contributed by atoms with E-state index in [4.69, 9.17) is 4.74 Å². The minimum Gasteiger partial charge on any atom is -0.474 e. The maximum absolute atomic E-state index is 6.28. The predicted octanol–water partition coefficient (Wildman–Crippen LogP) is 3.82. The lowest BCUT2D eigenvalue weighted by Crippen LogP contribution is -2.30. The molecule has 1 N–H and O–H groups in total. The van der Waals surface area contributed by atoms with Crippen LogP contribution in [0.1, 0.15) is 58.4 Å². The van der Waals surface area contributed by atoms with E-state index < -0.39 is 0 Å². The van der Waals surface area contributed by atoms with E-state index >= 15 is 0 Å². The zero-order valence-electron chi connectivity index (χ0n) is 13.0. The first-order valence-electron chi connectivity index (χ1n) is 8.04. The second-order valence-electron chi connectivity index (χ2n) is 5.50. The van der Waals surface area contributed by atoms with E-state index in [1.165, 1.54) is 25.7 Å². The Morgan fingerprint density at radius 1 is 1.20 bits per heavy atom. The van der Waals surface area contributed by atoms with Gasteiger partial charge in [0, 0.05) is 6.54 Å². The van der Waals surface area contributed by atoms with Crippen LogP contribution in [0.15, 0.2) is 6.33 Å². The van der Waals surface area contributed by atoms with E-state index in [1.54, 1.807) is 6.33 Å². The fourth-order valence-corrected chi connectivity index (χ4v) is 3.08. The summed E-state index contributed by atoms with van der Waals surface area (Å²) in [6.45, 7) is 7.34. The van der Waals surface area contributed by atoms with Crippen molar-refractivity contribution in [3.8, 4) is 5.88 Å². The number of anilines is 1. The van der Waals surface area contributed by atoms with Crippen LogP contribution in [-0.2, 0) is 6.42 Å². The molecule has 112 valence electrons. The second kappa shape index (κ2) is 7.46. The molecule has 1 saturated carbocycles. The van der Waals surface area contributed by atoms with Gasteiger partial charge in [-0.2, -0.15) is 0 Å². The number of ether oxygens (including phenoxy) is 1. The Morgan fingerprint density at radius 2 is 2.00 bits per heavy atom. The quantitative estimate of drug-likeness (QED) is 0.858. The van der Waals surface area contributed by atoms with Crippen molar-refractivity contribution in [3.05, 3.63) is 11.9 Å². The van der Waals surface area contributed by atoms with Crippen LogP contribution in [0, 0.1) is 5.92 Å². The Bertz CT molecular complexity index is 422. The fourth-order valence-electron chi connectivity index (χ4n) is 3.08. The minimum absolute atomic E-state index is 0.323. The molecule has 0 bridgehead atoms. The van der Waals surface area contributed by atoms with Crippen molar-refractivity contribution in [2.75, 3.05) is 11.9 Å². The largest absolute Gasteiger partial charge is 0.474 e. The highest BCUT2D eigenvalue weighted by Gasteiger charge is 2.26. The third-order valence-electron chi connectivity index (χ3n) is 4.23.